The molecule has 0 unspecified atom stereocenters. The first-order valence-corrected chi connectivity index (χ1v) is 4.79. The van der Waals surface area contributed by atoms with Crippen molar-refractivity contribution in [3.63, 3.8) is 0 Å². The predicted molar refractivity (Wildman–Crippen MR) is 51.1 cm³/mol. The van der Waals surface area contributed by atoms with Gasteiger partial charge in [-0.25, -0.2) is 4.79 Å². The van der Waals surface area contributed by atoms with Gasteiger partial charge >= 0.3 is 12.1 Å². The average molecular weight is 203 g/mol. The van der Waals surface area contributed by atoms with Gasteiger partial charge in [-0.3, -0.25) is 4.79 Å². The molecule has 14 heavy (non-hydrogen) atoms. The van der Waals surface area contributed by atoms with E-state index >= 15 is 0 Å². The number of carbonyl (C=O) groups is 2. The molecule has 5 nitrogen and oxygen atoms in total. The van der Waals surface area contributed by atoms with Crippen LogP contribution >= 0.6 is 0 Å². The number of nitrogens with one attached hydrogen (secondary N) is 1. The van der Waals surface area contributed by atoms with E-state index in [9.17, 15) is 9.59 Å². The molecule has 0 aliphatic heterocycles. The third kappa shape index (κ3) is 8.83. The summed E-state index contributed by atoms with van der Waals surface area (Å²) in [4.78, 5) is 20.9. The van der Waals surface area contributed by atoms with Crippen molar-refractivity contribution >= 4 is 12.1 Å². The summed E-state index contributed by atoms with van der Waals surface area (Å²) < 4.78 is 4.74. The maximum absolute atomic E-state index is 10.9. The molecule has 0 aromatic heterocycles. The standard InChI is InChI=1S/C9H17NO4/c1-2-14-8(11)6-4-3-5-7-10-9(12)13/h10H,2-7H2,1H3,(H,12,13). The molecule has 0 aliphatic rings. The quantitative estimate of drug-likeness (QED) is 0.484. The Kier molecular flexibility index (Phi) is 7.59. The topological polar surface area (TPSA) is 75.6 Å². The molecule has 0 saturated heterocycles. The van der Waals surface area contributed by atoms with E-state index in [1.54, 1.807) is 6.92 Å². The summed E-state index contributed by atoms with van der Waals surface area (Å²) >= 11 is 0. The normalized spacial score (nSPS) is 9.50. The van der Waals surface area contributed by atoms with Crippen LogP contribution in [0.15, 0.2) is 0 Å². The van der Waals surface area contributed by atoms with Crippen LogP contribution in [0.1, 0.15) is 32.6 Å². The number of amides is 1. The second kappa shape index (κ2) is 8.34. The van der Waals surface area contributed by atoms with Crippen LogP contribution in [-0.4, -0.2) is 30.3 Å². The fourth-order valence-electron chi connectivity index (χ4n) is 1.000. The van der Waals surface area contributed by atoms with Gasteiger partial charge in [0.15, 0.2) is 0 Å². The van der Waals surface area contributed by atoms with E-state index in [0.717, 1.165) is 19.3 Å². The number of hydrogen-bond acceptors (Lipinski definition) is 3. The van der Waals surface area contributed by atoms with Gasteiger partial charge in [-0.2, -0.15) is 0 Å². The number of hydrogen-bond donors (Lipinski definition) is 2. The highest BCUT2D eigenvalue weighted by atomic mass is 16.5. The molecule has 0 bridgehead atoms. The summed E-state index contributed by atoms with van der Waals surface area (Å²) in [6.07, 6.45) is 1.75. The molecule has 0 aromatic rings. The Morgan fingerprint density at radius 1 is 1.29 bits per heavy atom. The lowest BCUT2D eigenvalue weighted by Crippen LogP contribution is -2.21. The van der Waals surface area contributed by atoms with Gasteiger partial charge in [0.1, 0.15) is 0 Å². The Balaban J connectivity index is 3.13. The molecule has 0 radical (unpaired) electrons. The van der Waals surface area contributed by atoms with E-state index in [2.05, 4.69) is 5.32 Å². The third-order valence-corrected chi connectivity index (χ3v) is 1.64. The van der Waals surface area contributed by atoms with Crippen LogP contribution in [0.25, 0.3) is 0 Å². The molecule has 0 atom stereocenters. The number of unbranched alkanes of at least 4 members (excludes halogenated alkanes) is 2. The smallest absolute Gasteiger partial charge is 0.404 e. The van der Waals surface area contributed by atoms with E-state index in [1.807, 2.05) is 0 Å². The largest absolute Gasteiger partial charge is 0.466 e. The molecule has 0 aliphatic carbocycles. The Hall–Kier alpha value is -1.26. The molecule has 1 amide bonds. The number of carbonyl (C=O) groups excluding carboxylic acids is 1. The SMILES string of the molecule is CCOC(=O)CCCCCNC(=O)O. The molecule has 0 aromatic carbocycles. The van der Waals surface area contributed by atoms with Gasteiger partial charge in [0.05, 0.1) is 6.61 Å². The maximum atomic E-state index is 10.9. The molecule has 0 spiro atoms. The minimum atomic E-state index is -1.00. The summed E-state index contributed by atoms with van der Waals surface area (Å²) in [5.41, 5.74) is 0. The van der Waals surface area contributed by atoms with Crippen molar-refractivity contribution in [2.24, 2.45) is 0 Å². The Bertz CT molecular complexity index is 182. The highest BCUT2D eigenvalue weighted by molar-refractivity contribution is 5.69. The summed E-state index contributed by atoms with van der Waals surface area (Å²) in [7, 11) is 0. The summed E-state index contributed by atoms with van der Waals surface area (Å²) in [6, 6.07) is 0. The number of carboxylic acid groups (broad SMARTS) is 1. The van der Waals surface area contributed by atoms with E-state index in [-0.39, 0.29) is 5.97 Å². The van der Waals surface area contributed by atoms with Gasteiger partial charge in [0.25, 0.3) is 0 Å². The van der Waals surface area contributed by atoms with Crippen LogP contribution in [0.5, 0.6) is 0 Å². The summed E-state index contributed by atoms with van der Waals surface area (Å²) in [6.45, 7) is 2.63. The van der Waals surface area contributed by atoms with Crippen molar-refractivity contribution in [2.45, 2.75) is 32.6 Å². The lowest BCUT2D eigenvalue weighted by atomic mass is 10.2. The minimum Gasteiger partial charge on any atom is -0.466 e. The zero-order chi connectivity index (χ0) is 10.8. The molecular formula is C9H17NO4. The third-order valence-electron chi connectivity index (χ3n) is 1.64. The van der Waals surface area contributed by atoms with Crippen molar-refractivity contribution < 1.29 is 19.4 Å². The highest BCUT2D eigenvalue weighted by Crippen LogP contribution is 2.00. The fourth-order valence-corrected chi connectivity index (χ4v) is 1.000. The average Bonchev–Trinajstić information content (AvgIpc) is 2.11. The van der Waals surface area contributed by atoms with E-state index in [0.29, 0.717) is 19.6 Å². The molecule has 0 saturated carbocycles. The molecular weight excluding hydrogens is 186 g/mol. The van der Waals surface area contributed by atoms with Crippen LogP contribution in [-0.2, 0) is 9.53 Å². The van der Waals surface area contributed by atoms with Crippen LogP contribution in [0, 0.1) is 0 Å². The first-order chi connectivity index (χ1) is 6.66. The molecule has 82 valence electrons. The Labute approximate surface area is 83.4 Å². The Morgan fingerprint density at radius 2 is 2.00 bits per heavy atom. The van der Waals surface area contributed by atoms with E-state index in [4.69, 9.17) is 9.84 Å². The zero-order valence-corrected chi connectivity index (χ0v) is 8.41. The second-order valence-electron chi connectivity index (χ2n) is 2.85. The van der Waals surface area contributed by atoms with Crippen molar-refractivity contribution in [3.05, 3.63) is 0 Å². The predicted octanol–water partition coefficient (Wildman–Crippen LogP) is 1.38. The molecule has 0 fully saturated rings. The number of rotatable bonds is 7. The Morgan fingerprint density at radius 3 is 2.57 bits per heavy atom. The van der Waals surface area contributed by atoms with Crippen molar-refractivity contribution in [1.82, 2.24) is 5.32 Å². The highest BCUT2D eigenvalue weighted by Gasteiger charge is 2.00. The fraction of sp³-hybridized carbons (Fsp3) is 0.778. The molecule has 0 heterocycles. The molecule has 0 rings (SSSR count). The zero-order valence-electron chi connectivity index (χ0n) is 8.41. The van der Waals surface area contributed by atoms with Gasteiger partial charge in [-0.15, -0.1) is 0 Å². The first kappa shape index (κ1) is 12.7. The van der Waals surface area contributed by atoms with Gasteiger partial charge in [-0.05, 0) is 19.8 Å². The van der Waals surface area contributed by atoms with Crippen LogP contribution in [0.3, 0.4) is 0 Å². The lowest BCUT2D eigenvalue weighted by molar-refractivity contribution is -0.143. The maximum Gasteiger partial charge on any atom is 0.404 e. The van der Waals surface area contributed by atoms with E-state index < -0.39 is 6.09 Å². The van der Waals surface area contributed by atoms with Gasteiger partial charge in [0, 0.05) is 13.0 Å². The molecule has 2 N–H and O–H groups in total. The van der Waals surface area contributed by atoms with Crippen molar-refractivity contribution in [2.75, 3.05) is 13.2 Å². The first-order valence-electron chi connectivity index (χ1n) is 4.79. The number of ether oxygens (including phenoxy) is 1. The van der Waals surface area contributed by atoms with Crippen LogP contribution in [0.2, 0.25) is 0 Å². The number of esters is 1. The monoisotopic (exact) mass is 203 g/mol. The van der Waals surface area contributed by atoms with E-state index in [1.165, 1.54) is 0 Å². The lowest BCUT2D eigenvalue weighted by Gasteiger charge is -2.02. The van der Waals surface area contributed by atoms with Crippen molar-refractivity contribution in [1.29, 1.82) is 0 Å². The van der Waals surface area contributed by atoms with Gasteiger partial charge in [-0.1, -0.05) is 6.42 Å². The summed E-state index contributed by atoms with van der Waals surface area (Å²) in [5.74, 6) is -0.182. The van der Waals surface area contributed by atoms with Crippen LogP contribution < -0.4 is 5.32 Å². The van der Waals surface area contributed by atoms with Gasteiger partial charge < -0.3 is 15.2 Å². The molecule has 5 heteroatoms. The van der Waals surface area contributed by atoms with Crippen LogP contribution in [0.4, 0.5) is 4.79 Å². The second-order valence-corrected chi connectivity index (χ2v) is 2.85. The van der Waals surface area contributed by atoms with Gasteiger partial charge in [0.2, 0.25) is 0 Å². The minimum absolute atomic E-state index is 0.182. The van der Waals surface area contributed by atoms with Crippen molar-refractivity contribution in [3.8, 4) is 0 Å². The summed E-state index contributed by atoms with van der Waals surface area (Å²) in [5, 5.41) is 10.5.